The lowest BCUT2D eigenvalue weighted by atomic mass is 10.2. The lowest BCUT2D eigenvalue weighted by Crippen LogP contribution is -2.31. The minimum atomic E-state index is -0.435. The number of carbonyl (C=O) groups is 1. The number of benzene rings is 1. The van der Waals surface area contributed by atoms with Gasteiger partial charge in [0.15, 0.2) is 5.69 Å². The maximum Gasteiger partial charge on any atom is 0.356 e. The van der Waals surface area contributed by atoms with E-state index in [4.69, 9.17) is 4.74 Å². The van der Waals surface area contributed by atoms with Crippen LogP contribution in [-0.4, -0.2) is 49.2 Å². The van der Waals surface area contributed by atoms with Crippen molar-refractivity contribution in [2.75, 3.05) is 43.1 Å². The van der Waals surface area contributed by atoms with E-state index in [0.29, 0.717) is 5.69 Å². The molecule has 6 heteroatoms. The third kappa shape index (κ3) is 3.48. The van der Waals surface area contributed by atoms with Crippen molar-refractivity contribution in [3.8, 4) is 0 Å². The van der Waals surface area contributed by atoms with E-state index in [-0.39, 0.29) is 0 Å². The largest absolute Gasteiger partial charge is 0.464 e. The number of anilines is 2. The molecule has 1 fully saturated rings. The summed E-state index contributed by atoms with van der Waals surface area (Å²) in [5.41, 5.74) is 2.88. The number of para-hydroxylation sites is 1. The van der Waals surface area contributed by atoms with E-state index in [1.54, 1.807) is 6.07 Å². The van der Waals surface area contributed by atoms with Crippen LogP contribution in [0.25, 0.3) is 0 Å². The van der Waals surface area contributed by atoms with Crippen LogP contribution in [-0.2, 0) is 4.74 Å². The maximum absolute atomic E-state index is 11.7. The Kier molecular flexibility index (Phi) is 4.93. The number of hydrogen-bond acceptors (Lipinski definition) is 6. The molecule has 0 saturated carbocycles. The maximum atomic E-state index is 11.7. The zero-order valence-corrected chi connectivity index (χ0v) is 14.1. The van der Waals surface area contributed by atoms with E-state index in [0.717, 1.165) is 38.4 Å². The lowest BCUT2D eigenvalue weighted by molar-refractivity contribution is 0.0594. The number of rotatable bonds is 3. The van der Waals surface area contributed by atoms with Crippen LogP contribution >= 0.6 is 0 Å². The number of nitrogens with zero attached hydrogens (tertiary/aromatic N) is 4. The smallest absolute Gasteiger partial charge is 0.356 e. The number of aromatic nitrogens is 2. The van der Waals surface area contributed by atoms with Crippen LogP contribution in [0.5, 0.6) is 0 Å². The highest BCUT2D eigenvalue weighted by Gasteiger charge is 2.18. The van der Waals surface area contributed by atoms with Gasteiger partial charge in [0.1, 0.15) is 12.1 Å². The molecule has 1 aliphatic heterocycles. The minimum Gasteiger partial charge on any atom is -0.464 e. The standard InChI is InChI=1S/C18H22N4O2/c1-14-6-3-4-7-16(14)21-8-5-9-22(11-10-21)17-12-15(18(23)24-2)19-13-20-17/h3-4,6-7,12-13H,5,8-11H2,1-2H3. The first-order valence-electron chi connectivity index (χ1n) is 8.15. The van der Waals surface area contributed by atoms with Gasteiger partial charge in [-0.2, -0.15) is 0 Å². The summed E-state index contributed by atoms with van der Waals surface area (Å²) in [4.78, 5) is 24.6. The quantitative estimate of drug-likeness (QED) is 0.807. The molecule has 0 unspecified atom stereocenters. The van der Waals surface area contributed by atoms with Gasteiger partial charge in [-0.25, -0.2) is 14.8 Å². The second-order valence-electron chi connectivity index (χ2n) is 5.87. The molecular formula is C18H22N4O2. The minimum absolute atomic E-state index is 0.294. The summed E-state index contributed by atoms with van der Waals surface area (Å²) >= 11 is 0. The van der Waals surface area contributed by atoms with Crippen LogP contribution in [0.3, 0.4) is 0 Å². The van der Waals surface area contributed by atoms with E-state index in [1.165, 1.54) is 24.7 Å². The van der Waals surface area contributed by atoms with Crippen LogP contribution in [0.1, 0.15) is 22.5 Å². The highest BCUT2D eigenvalue weighted by atomic mass is 16.5. The van der Waals surface area contributed by atoms with Crippen LogP contribution < -0.4 is 9.80 Å². The number of hydrogen-bond donors (Lipinski definition) is 0. The molecule has 0 bridgehead atoms. The molecular weight excluding hydrogens is 304 g/mol. The van der Waals surface area contributed by atoms with Crippen molar-refractivity contribution in [3.05, 3.63) is 47.9 Å². The van der Waals surface area contributed by atoms with Crippen LogP contribution in [0.15, 0.2) is 36.7 Å². The molecule has 126 valence electrons. The van der Waals surface area contributed by atoms with Gasteiger partial charge in [-0.1, -0.05) is 18.2 Å². The summed E-state index contributed by atoms with van der Waals surface area (Å²) < 4.78 is 4.74. The Bertz CT molecular complexity index is 720. The molecule has 6 nitrogen and oxygen atoms in total. The van der Waals surface area contributed by atoms with Crippen molar-refractivity contribution in [1.29, 1.82) is 0 Å². The summed E-state index contributed by atoms with van der Waals surface area (Å²) in [7, 11) is 1.36. The Morgan fingerprint density at radius 1 is 1.08 bits per heavy atom. The number of methoxy groups -OCH3 is 1. The summed E-state index contributed by atoms with van der Waals surface area (Å²) in [6.45, 7) is 5.83. The predicted molar refractivity (Wildman–Crippen MR) is 93.6 cm³/mol. The summed E-state index contributed by atoms with van der Waals surface area (Å²) in [5, 5.41) is 0. The number of ether oxygens (including phenoxy) is 1. The zero-order valence-electron chi connectivity index (χ0n) is 14.1. The Balaban J connectivity index is 1.74. The van der Waals surface area contributed by atoms with Crippen LogP contribution in [0.4, 0.5) is 11.5 Å². The highest BCUT2D eigenvalue weighted by Crippen LogP contribution is 2.22. The topological polar surface area (TPSA) is 58.6 Å². The van der Waals surface area contributed by atoms with Gasteiger partial charge in [-0.15, -0.1) is 0 Å². The van der Waals surface area contributed by atoms with Gasteiger partial charge in [0.05, 0.1) is 7.11 Å². The predicted octanol–water partition coefficient (Wildman–Crippen LogP) is 2.29. The number of carbonyl (C=O) groups excluding carboxylic acids is 1. The van der Waals surface area contributed by atoms with Crippen molar-refractivity contribution in [3.63, 3.8) is 0 Å². The molecule has 1 aliphatic rings. The molecule has 0 atom stereocenters. The molecule has 1 aromatic carbocycles. The molecule has 2 heterocycles. The van der Waals surface area contributed by atoms with Crippen LogP contribution in [0.2, 0.25) is 0 Å². The van der Waals surface area contributed by atoms with Crippen molar-refractivity contribution >= 4 is 17.5 Å². The fraction of sp³-hybridized carbons (Fsp3) is 0.389. The Morgan fingerprint density at radius 3 is 2.62 bits per heavy atom. The van der Waals surface area contributed by atoms with Gasteiger partial charge in [-0.3, -0.25) is 0 Å². The normalized spacial score (nSPS) is 15.1. The average molecular weight is 326 g/mol. The molecule has 0 N–H and O–H groups in total. The fourth-order valence-corrected chi connectivity index (χ4v) is 3.04. The molecule has 2 aromatic rings. The lowest BCUT2D eigenvalue weighted by Gasteiger charge is -2.25. The van der Waals surface area contributed by atoms with Gasteiger partial charge in [0.2, 0.25) is 0 Å². The van der Waals surface area contributed by atoms with Crippen molar-refractivity contribution in [1.82, 2.24) is 9.97 Å². The van der Waals surface area contributed by atoms with E-state index in [1.807, 2.05) is 0 Å². The zero-order chi connectivity index (χ0) is 16.9. The van der Waals surface area contributed by atoms with Gasteiger partial charge >= 0.3 is 5.97 Å². The second-order valence-corrected chi connectivity index (χ2v) is 5.87. The van der Waals surface area contributed by atoms with Crippen molar-refractivity contribution in [2.45, 2.75) is 13.3 Å². The fourth-order valence-electron chi connectivity index (χ4n) is 3.04. The highest BCUT2D eigenvalue weighted by molar-refractivity contribution is 5.87. The first kappa shape index (κ1) is 16.2. The molecule has 0 spiro atoms. The Hall–Kier alpha value is -2.63. The SMILES string of the molecule is COC(=O)c1cc(N2CCCN(c3ccccc3C)CC2)ncn1. The summed E-state index contributed by atoms with van der Waals surface area (Å²) in [6, 6.07) is 10.2. The van der Waals surface area contributed by atoms with E-state index in [2.05, 4.69) is 51.0 Å². The van der Waals surface area contributed by atoms with Gasteiger partial charge in [0, 0.05) is 37.9 Å². The van der Waals surface area contributed by atoms with Crippen molar-refractivity contribution < 1.29 is 9.53 Å². The van der Waals surface area contributed by atoms with E-state index < -0.39 is 5.97 Å². The molecule has 0 aliphatic carbocycles. The Labute approximate surface area is 142 Å². The Morgan fingerprint density at radius 2 is 1.83 bits per heavy atom. The van der Waals surface area contributed by atoms with Crippen molar-refractivity contribution in [2.24, 2.45) is 0 Å². The molecule has 1 saturated heterocycles. The first-order valence-corrected chi connectivity index (χ1v) is 8.15. The molecule has 3 rings (SSSR count). The molecule has 0 radical (unpaired) electrons. The number of aryl methyl sites for hydroxylation is 1. The number of esters is 1. The van der Waals surface area contributed by atoms with E-state index >= 15 is 0 Å². The summed E-state index contributed by atoms with van der Waals surface area (Å²) in [5.74, 6) is 0.340. The monoisotopic (exact) mass is 326 g/mol. The third-order valence-electron chi connectivity index (χ3n) is 4.32. The average Bonchev–Trinajstić information content (AvgIpc) is 2.87. The van der Waals surface area contributed by atoms with Gasteiger partial charge < -0.3 is 14.5 Å². The first-order chi connectivity index (χ1) is 11.7. The van der Waals surface area contributed by atoms with E-state index in [9.17, 15) is 4.79 Å². The third-order valence-corrected chi connectivity index (χ3v) is 4.32. The van der Waals surface area contributed by atoms with Gasteiger partial charge in [-0.05, 0) is 25.0 Å². The summed E-state index contributed by atoms with van der Waals surface area (Å²) in [6.07, 6.45) is 2.46. The molecule has 0 amide bonds. The molecule has 1 aromatic heterocycles. The molecule has 24 heavy (non-hydrogen) atoms. The second kappa shape index (κ2) is 7.29. The van der Waals surface area contributed by atoms with Gasteiger partial charge in [0.25, 0.3) is 0 Å². The van der Waals surface area contributed by atoms with Crippen LogP contribution in [0, 0.1) is 6.92 Å².